The summed E-state index contributed by atoms with van der Waals surface area (Å²) in [7, 11) is 2.16. The molecule has 0 N–H and O–H groups in total. The average molecular weight is 283 g/mol. The smallest absolute Gasteiger partial charge is 0.236 e. The standard InChI is InChI=1S/C19H27N2/c1-7-12-19(5)18(3,4)16-11-9-8-10-15(16)17-13-20(6)14(2)21(17)19/h8-11,13H,7,12H2,1-6H3/q+1. The van der Waals surface area contributed by atoms with Crippen LogP contribution in [-0.2, 0) is 18.0 Å². The first kappa shape index (κ1) is 14.4. The predicted molar refractivity (Wildman–Crippen MR) is 87.4 cm³/mol. The Bertz CT molecular complexity index is 694. The number of fused-ring (bicyclic) bond motifs is 3. The summed E-state index contributed by atoms with van der Waals surface area (Å²) in [5, 5.41) is 0. The Hall–Kier alpha value is -1.57. The van der Waals surface area contributed by atoms with E-state index in [1.807, 2.05) is 0 Å². The minimum absolute atomic E-state index is 0.108. The summed E-state index contributed by atoms with van der Waals surface area (Å²) < 4.78 is 4.85. The molecule has 2 aromatic rings. The number of aryl methyl sites for hydroxylation is 1. The second kappa shape index (κ2) is 4.46. The fourth-order valence-corrected chi connectivity index (χ4v) is 4.21. The normalized spacial score (nSPS) is 22.8. The van der Waals surface area contributed by atoms with Gasteiger partial charge in [-0.25, -0.2) is 9.13 Å². The third kappa shape index (κ3) is 1.68. The van der Waals surface area contributed by atoms with Crippen molar-refractivity contribution in [1.29, 1.82) is 0 Å². The molecule has 0 saturated heterocycles. The van der Waals surface area contributed by atoms with Crippen LogP contribution < -0.4 is 4.57 Å². The van der Waals surface area contributed by atoms with Gasteiger partial charge in [0.25, 0.3) is 5.82 Å². The fraction of sp³-hybridized carbons (Fsp3) is 0.526. The zero-order valence-corrected chi connectivity index (χ0v) is 14.2. The van der Waals surface area contributed by atoms with Crippen molar-refractivity contribution in [3.8, 4) is 11.3 Å². The molecule has 1 aromatic carbocycles. The summed E-state index contributed by atoms with van der Waals surface area (Å²) in [6, 6.07) is 8.92. The molecule has 1 aromatic heterocycles. The van der Waals surface area contributed by atoms with Gasteiger partial charge in [0.05, 0.1) is 7.05 Å². The molecule has 1 aliphatic heterocycles. The summed E-state index contributed by atoms with van der Waals surface area (Å²) in [5.41, 5.74) is 4.45. The maximum atomic E-state index is 2.58. The van der Waals surface area contributed by atoms with Gasteiger partial charge in [-0.2, -0.15) is 0 Å². The van der Waals surface area contributed by atoms with Crippen LogP contribution in [0.2, 0.25) is 0 Å². The number of rotatable bonds is 2. The Morgan fingerprint density at radius 3 is 2.48 bits per heavy atom. The lowest BCUT2D eigenvalue weighted by atomic mass is 9.63. The van der Waals surface area contributed by atoms with E-state index in [-0.39, 0.29) is 11.0 Å². The minimum Gasteiger partial charge on any atom is -0.236 e. The van der Waals surface area contributed by atoms with E-state index in [9.17, 15) is 0 Å². The van der Waals surface area contributed by atoms with Crippen LogP contribution in [0.5, 0.6) is 0 Å². The Morgan fingerprint density at radius 1 is 1.14 bits per heavy atom. The molecular formula is C19H27N2+. The summed E-state index contributed by atoms with van der Waals surface area (Å²) in [6.07, 6.45) is 4.68. The summed E-state index contributed by atoms with van der Waals surface area (Å²) in [4.78, 5) is 0. The van der Waals surface area contributed by atoms with E-state index in [0.29, 0.717) is 0 Å². The molecule has 0 aliphatic carbocycles. The maximum absolute atomic E-state index is 2.58. The fourth-order valence-electron chi connectivity index (χ4n) is 4.21. The van der Waals surface area contributed by atoms with Gasteiger partial charge in [-0.3, -0.25) is 0 Å². The molecule has 0 fully saturated rings. The van der Waals surface area contributed by atoms with E-state index in [2.05, 4.69) is 81.3 Å². The van der Waals surface area contributed by atoms with Gasteiger partial charge in [-0.1, -0.05) is 51.5 Å². The van der Waals surface area contributed by atoms with Crippen LogP contribution in [0.1, 0.15) is 51.9 Å². The van der Waals surface area contributed by atoms with E-state index in [0.717, 1.165) is 0 Å². The molecule has 21 heavy (non-hydrogen) atoms. The molecule has 0 bridgehead atoms. The molecule has 2 heterocycles. The molecule has 2 heteroatoms. The van der Waals surface area contributed by atoms with Crippen molar-refractivity contribution >= 4 is 0 Å². The van der Waals surface area contributed by atoms with Crippen LogP contribution in [0.3, 0.4) is 0 Å². The molecule has 1 atom stereocenters. The van der Waals surface area contributed by atoms with Crippen molar-refractivity contribution in [2.75, 3.05) is 0 Å². The van der Waals surface area contributed by atoms with Crippen molar-refractivity contribution < 1.29 is 4.57 Å². The monoisotopic (exact) mass is 283 g/mol. The molecule has 1 aliphatic rings. The average Bonchev–Trinajstić information content (AvgIpc) is 2.74. The summed E-state index contributed by atoms with van der Waals surface area (Å²) in [5.74, 6) is 1.34. The molecule has 0 spiro atoms. The van der Waals surface area contributed by atoms with Gasteiger partial charge in [-0.15, -0.1) is 0 Å². The number of nitrogens with zero attached hydrogens (tertiary/aromatic N) is 2. The summed E-state index contributed by atoms with van der Waals surface area (Å²) in [6.45, 7) is 11.8. The van der Waals surface area contributed by atoms with Crippen LogP contribution >= 0.6 is 0 Å². The lowest BCUT2D eigenvalue weighted by molar-refractivity contribution is -0.677. The zero-order valence-electron chi connectivity index (χ0n) is 14.2. The van der Waals surface area contributed by atoms with E-state index < -0.39 is 0 Å². The van der Waals surface area contributed by atoms with Gasteiger partial charge in [0.1, 0.15) is 11.7 Å². The van der Waals surface area contributed by atoms with Gasteiger partial charge in [0.15, 0.2) is 5.69 Å². The van der Waals surface area contributed by atoms with Crippen molar-refractivity contribution in [1.82, 2.24) is 4.57 Å². The van der Waals surface area contributed by atoms with Crippen LogP contribution in [0.4, 0.5) is 0 Å². The maximum Gasteiger partial charge on any atom is 0.253 e. The van der Waals surface area contributed by atoms with Crippen LogP contribution in [-0.4, -0.2) is 4.57 Å². The largest absolute Gasteiger partial charge is 0.253 e. The predicted octanol–water partition coefficient (Wildman–Crippen LogP) is 4.09. The Balaban J connectivity index is 2.42. The second-order valence-corrected chi connectivity index (χ2v) is 7.20. The number of hydrogen-bond acceptors (Lipinski definition) is 0. The minimum atomic E-state index is 0.108. The highest BCUT2D eigenvalue weighted by Crippen LogP contribution is 2.52. The Kier molecular flexibility index (Phi) is 3.05. The number of hydrogen-bond donors (Lipinski definition) is 0. The molecule has 0 radical (unpaired) electrons. The summed E-state index contributed by atoms with van der Waals surface area (Å²) >= 11 is 0. The molecule has 2 nitrogen and oxygen atoms in total. The highest BCUT2D eigenvalue weighted by molar-refractivity contribution is 5.68. The Labute approximate surface area is 128 Å². The molecule has 0 saturated carbocycles. The second-order valence-electron chi connectivity index (χ2n) is 7.20. The molecule has 112 valence electrons. The third-order valence-corrected chi connectivity index (χ3v) is 5.84. The lowest BCUT2D eigenvalue weighted by Crippen LogP contribution is -2.51. The van der Waals surface area contributed by atoms with Gasteiger partial charge < -0.3 is 0 Å². The lowest BCUT2D eigenvalue weighted by Gasteiger charge is -2.46. The third-order valence-electron chi connectivity index (χ3n) is 5.84. The van der Waals surface area contributed by atoms with E-state index in [1.54, 1.807) is 0 Å². The number of imidazole rings is 1. The first-order valence-electron chi connectivity index (χ1n) is 8.03. The SMILES string of the molecule is CCCC1(C)n2c(c[n+](C)c2C)-c2ccccc2C1(C)C. The van der Waals surface area contributed by atoms with E-state index in [1.165, 1.54) is 35.5 Å². The molecule has 3 rings (SSSR count). The van der Waals surface area contributed by atoms with Crippen molar-refractivity contribution in [2.45, 2.75) is 58.4 Å². The first-order chi connectivity index (χ1) is 9.84. The first-order valence-corrected chi connectivity index (χ1v) is 8.03. The highest BCUT2D eigenvalue weighted by Gasteiger charge is 2.53. The van der Waals surface area contributed by atoms with Gasteiger partial charge in [0, 0.05) is 17.9 Å². The molecular weight excluding hydrogens is 256 g/mol. The van der Waals surface area contributed by atoms with Crippen LogP contribution in [0.25, 0.3) is 11.3 Å². The highest BCUT2D eigenvalue weighted by atomic mass is 15.2. The van der Waals surface area contributed by atoms with Crippen LogP contribution in [0.15, 0.2) is 30.5 Å². The van der Waals surface area contributed by atoms with Gasteiger partial charge in [0.2, 0.25) is 0 Å². The van der Waals surface area contributed by atoms with Gasteiger partial charge in [-0.05, 0) is 18.9 Å². The topological polar surface area (TPSA) is 8.81 Å². The molecule has 1 unspecified atom stereocenters. The quantitative estimate of drug-likeness (QED) is 0.734. The van der Waals surface area contributed by atoms with E-state index >= 15 is 0 Å². The van der Waals surface area contributed by atoms with E-state index in [4.69, 9.17) is 0 Å². The van der Waals surface area contributed by atoms with Crippen molar-refractivity contribution in [3.63, 3.8) is 0 Å². The molecule has 0 amide bonds. The van der Waals surface area contributed by atoms with Crippen molar-refractivity contribution in [2.24, 2.45) is 7.05 Å². The number of benzene rings is 1. The van der Waals surface area contributed by atoms with Gasteiger partial charge >= 0.3 is 0 Å². The number of aromatic nitrogens is 2. The Morgan fingerprint density at radius 2 is 1.81 bits per heavy atom. The van der Waals surface area contributed by atoms with Crippen molar-refractivity contribution in [3.05, 3.63) is 41.9 Å². The zero-order chi connectivity index (χ0) is 15.4. The van der Waals surface area contributed by atoms with Crippen LogP contribution in [0, 0.1) is 6.92 Å².